The van der Waals surface area contributed by atoms with Gasteiger partial charge in [-0.25, -0.2) is 0 Å². The summed E-state index contributed by atoms with van der Waals surface area (Å²) in [6.45, 7) is 7.51. The summed E-state index contributed by atoms with van der Waals surface area (Å²) < 4.78 is 28.4. The molecule has 9 nitrogen and oxygen atoms in total. The lowest BCUT2D eigenvalue weighted by Gasteiger charge is -2.28. The minimum atomic E-state index is -0.447. The molecule has 0 fully saturated rings. The zero-order valence-corrected chi connectivity index (χ0v) is 23.7. The molecule has 0 aliphatic carbocycles. The first-order valence-corrected chi connectivity index (χ1v) is 14.1. The van der Waals surface area contributed by atoms with Crippen molar-refractivity contribution in [3.8, 4) is 28.7 Å². The van der Waals surface area contributed by atoms with Crippen LogP contribution in [0.5, 0.6) is 28.7 Å². The number of hydrogen-bond donors (Lipinski definition) is 0. The summed E-state index contributed by atoms with van der Waals surface area (Å²) in [4.78, 5) is 48.9. The Balaban J connectivity index is 1.93. The molecule has 0 saturated heterocycles. The molecule has 0 bridgehead atoms. The van der Waals surface area contributed by atoms with Gasteiger partial charge < -0.3 is 23.7 Å². The van der Waals surface area contributed by atoms with Crippen LogP contribution in [-0.2, 0) is 25.6 Å². The predicted octanol–water partition coefficient (Wildman–Crippen LogP) is 6.57. The zero-order chi connectivity index (χ0) is 29.1. The number of ether oxygens (including phenoxy) is 5. The summed E-state index contributed by atoms with van der Waals surface area (Å²) >= 11 is 0. The van der Waals surface area contributed by atoms with Crippen LogP contribution in [0.4, 0.5) is 0 Å². The van der Waals surface area contributed by atoms with Gasteiger partial charge in [-0.2, -0.15) is 0 Å². The van der Waals surface area contributed by atoms with Gasteiger partial charge in [0.05, 0.1) is 0 Å². The van der Waals surface area contributed by atoms with E-state index < -0.39 is 24.0 Å². The summed E-state index contributed by atoms with van der Waals surface area (Å²) in [5, 5.41) is 0. The van der Waals surface area contributed by atoms with Gasteiger partial charge in [0.1, 0.15) is 23.4 Å². The van der Waals surface area contributed by atoms with Crippen LogP contribution in [0.2, 0.25) is 0 Å². The van der Waals surface area contributed by atoms with E-state index in [1.807, 2.05) is 27.7 Å². The summed E-state index contributed by atoms with van der Waals surface area (Å²) in [6, 6.07) is 8.17. The standard InChI is InChI=1S/C31H38O9/c1-5-9-28(32)36-21-18-25-22(26(19-21)39-30(34)11-7-3)14-16-23(37-25)20-13-15-24(38-29(33)10-6-2)27(17-20)40-31(35)12-8-4/h13,15,17-19,23H,5-12,14,16H2,1-4H3/t23-/m1/s1. The van der Waals surface area contributed by atoms with E-state index in [0.717, 1.165) is 0 Å². The highest BCUT2D eigenvalue weighted by molar-refractivity contribution is 5.77. The fourth-order valence-corrected chi connectivity index (χ4v) is 4.23. The van der Waals surface area contributed by atoms with Crippen molar-refractivity contribution in [2.75, 3.05) is 0 Å². The Morgan fingerprint density at radius 3 is 1.77 bits per heavy atom. The Hall–Kier alpha value is -3.88. The number of fused-ring (bicyclic) bond motifs is 1. The van der Waals surface area contributed by atoms with Crippen molar-refractivity contribution in [3.05, 3.63) is 41.5 Å². The molecule has 0 unspecified atom stereocenters. The van der Waals surface area contributed by atoms with Crippen molar-refractivity contribution < 1.29 is 42.9 Å². The van der Waals surface area contributed by atoms with Gasteiger partial charge in [0, 0.05) is 43.4 Å². The Morgan fingerprint density at radius 1 is 0.675 bits per heavy atom. The van der Waals surface area contributed by atoms with E-state index in [-0.39, 0.29) is 48.9 Å². The zero-order valence-electron chi connectivity index (χ0n) is 23.7. The lowest BCUT2D eigenvalue weighted by Crippen LogP contribution is -2.18. The monoisotopic (exact) mass is 554 g/mol. The fourth-order valence-electron chi connectivity index (χ4n) is 4.23. The van der Waals surface area contributed by atoms with Gasteiger partial charge in [-0.1, -0.05) is 33.8 Å². The van der Waals surface area contributed by atoms with E-state index in [4.69, 9.17) is 23.7 Å². The molecule has 40 heavy (non-hydrogen) atoms. The second-order valence-corrected chi connectivity index (χ2v) is 9.65. The van der Waals surface area contributed by atoms with E-state index in [1.165, 1.54) is 0 Å². The topological polar surface area (TPSA) is 114 Å². The molecular formula is C31H38O9. The highest BCUT2D eigenvalue weighted by Crippen LogP contribution is 2.44. The largest absolute Gasteiger partial charge is 0.485 e. The van der Waals surface area contributed by atoms with Gasteiger partial charge in [0.2, 0.25) is 0 Å². The molecule has 216 valence electrons. The van der Waals surface area contributed by atoms with Crippen LogP contribution in [-0.4, -0.2) is 23.9 Å². The van der Waals surface area contributed by atoms with Crippen molar-refractivity contribution in [2.45, 2.75) is 98.0 Å². The lowest BCUT2D eigenvalue weighted by molar-refractivity contribution is -0.137. The van der Waals surface area contributed by atoms with Gasteiger partial charge in [-0.3, -0.25) is 19.2 Å². The quantitative estimate of drug-likeness (QED) is 0.200. The first-order chi connectivity index (χ1) is 19.3. The first-order valence-electron chi connectivity index (χ1n) is 14.1. The summed E-state index contributed by atoms with van der Waals surface area (Å²) in [7, 11) is 0. The lowest BCUT2D eigenvalue weighted by atomic mass is 9.96. The molecule has 2 aromatic carbocycles. The number of benzene rings is 2. The molecule has 1 aliphatic rings. The number of carbonyl (C=O) groups is 4. The summed E-state index contributed by atoms with van der Waals surface area (Å²) in [5.74, 6) is -0.348. The molecule has 0 saturated carbocycles. The van der Waals surface area contributed by atoms with E-state index >= 15 is 0 Å². The van der Waals surface area contributed by atoms with Gasteiger partial charge in [0.15, 0.2) is 11.5 Å². The molecule has 1 aliphatic heterocycles. The Kier molecular flexibility index (Phi) is 11.5. The van der Waals surface area contributed by atoms with Gasteiger partial charge >= 0.3 is 23.9 Å². The van der Waals surface area contributed by atoms with Crippen LogP contribution in [0, 0.1) is 0 Å². The minimum absolute atomic E-state index is 0.145. The molecule has 0 radical (unpaired) electrons. The molecule has 0 spiro atoms. The van der Waals surface area contributed by atoms with Crippen LogP contribution >= 0.6 is 0 Å². The van der Waals surface area contributed by atoms with Crippen molar-refractivity contribution in [1.29, 1.82) is 0 Å². The van der Waals surface area contributed by atoms with E-state index in [0.29, 0.717) is 61.2 Å². The third-order valence-electron chi connectivity index (χ3n) is 6.13. The number of hydrogen-bond acceptors (Lipinski definition) is 9. The first kappa shape index (κ1) is 30.7. The average molecular weight is 555 g/mol. The molecular weight excluding hydrogens is 516 g/mol. The van der Waals surface area contributed by atoms with Crippen LogP contribution in [0.3, 0.4) is 0 Å². The second kappa shape index (κ2) is 15.1. The molecule has 0 N–H and O–H groups in total. The molecule has 0 aromatic heterocycles. The number of carbonyl (C=O) groups excluding carboxylic acids is 4. The summed E-state index contributed by atoms with van der Waals surface area (Å²) in [6.07, 6.45) is 4.10. The van der Waals surface area contributed by atoms with Gasteiger partial charge in [-0.15, -0.1) is 0 Å². The smallest absolute Gasteiger partial charge is 0.311 e. The molecule has 9 heteroatoms. The average Bonchev–Trinajstić information content (AvgIpc) is 2.90. The van der Waals surface area contributed by atoms with Crippen molar-refractivity contribution in [3.63, 3.8) is 0 Å². The Bertz CT molecular complexity index is 1220. The molecule has 1 atom stereocenters. The fraction of sp³-hybridized carbons (Fsp3) is 0.484. The maximum atomic E-state index is 12.3. The highest BCUT2D eigenvalue weighted by Gasteiger charge is 2.28. The van der Waals surface area contributed by atoms with Gasteiger partial charge in [0.25, 0.3) is 0 Å². The Morgan fingerprint density at radius 2 is 1.20 bits per heavy atom. The van der Waals surface area contributed by atoms with E-state index in [9.17, 15) is 19.2 Å². The van der Waals surface area contributed by atoms with Crippen molar-refractivity contribution >= 4 is 23.9 Å². The molecule has 1 heterocycles. The second-order valence-electron chi connectivity index (χ2n) is 9.65. The Labute approximate surface area is 235 Å². The molecule has 3 rings (SSSR count). The SMILES string of the molecule is CCCC(=O)Oc1cc(OC(=O)CCC)c2c(c1)O[C@@H](c1ccc(OC(=O)CCC)c(OC(=O)CCC)c1)CC2. The highest BCUT2D eigenvalue weighted by atomic mass is 16.6. The van der Waals surface area contributed by atoms with Crippen LogP contribution < -0.4 is 23.7 Å². The van der Waals surface area contributed by atoms with Crippen LogP contribution in [0.15, 0.2) is 30.3 Å². The van der Waals surface area contributed by atoms with Crippen LogP contribution in [0.25, 0.3) is 0 Å². The van der Waals surface area contributed by atoms with Crippen molar-refractivity contribution in [1.82, 2.24) is 0 Å². The van der Waals surface area contributed by atoms with Gasteiger partial charge in [-0.05, 0) is 56.2 Å². The number of esters is 4. The molecule has 0 amide bonds. The third-order valence-corrected chi connectivity index (χ3v) is 6.13. The van der Waals surface area contributed by atoms with E-state index in [1.54, 1.807) is 30.3 Å². The van der Waals surface area contributed by atoms with Crippen LogP contribution in [0.1, 0.15) is 103 Å². The maximum Gasteiger partial charge on any atom is 0.311 e. The predicted molar refractivity (Wildman–Crippen MR) is 147 cm³/mol. The third kappa shape index (κ3) is 8.56. The molecule has 2 aromatic rings. The van der Waals surface area contributed by atoms with Crippen molar-refractivity contribution in [2.24, 2.45) is 0 Å². The maximum absolute atomic E-state index is 12.3. The normalized spacial score (nSPS) is 13.9. The minimum Gasteiger partial charge on any atom is -0.485 e. The summed E-state index contributed by atoms with van der Waals surface area (Å²) in [5.41, 5.74) is 1.41. The van der Waals surface area contributed by atoms with E-state index in [2.05, 4.69) is 0 Å². The number of rotatable bonds is 13.